The van der Waals surface area contributed by atoms with Gasteiger partial charge in [-0.1, -0.05) is 25.3 Å². The molecule has 0 aliphatic heterocycles. The first kappa shape index (κ1) is 35.5. The molecule has 4 N–H and O–H groups in total. The van der Waals surface area contributed by atoms with Gasteiger partial charge in [-0.3, -0.25) is 20.2 Å². The van der Waals surface area contributed by atoms with Crippen LogP contribution in [0.4, 0.5) is 32.3 Å². The largest absolute Gasteiger partial charge is 0.459 e. The highest BCUT2D eigenvalue weighted by molar-refractivity contribution is 5.95. The summed E-state index contributed by atoms with van der Waals surface area (Å²) in [5.41, 5.74) is 3.16. The molecule has 45 heavy (non-hydrogen) atoms. The minimum absolute atomic E-state index is 0.0596. The van der Waals surface area contributed by atoms with E-state index in [0.29, 0.717) is 22.7 Å². The maximum absolute atomic E-state index is 12.5. The van der Waals surface area contributed by atoms with Gasteiger partial charge in [0.05, 0.1) is 0 Å². The van der Waals surface area contributed by atoms with Crippen LogP contribution in [0.2, 0.25) is 0 Å². The molecule has 0 aliphatic rings. The molecule has 14 heteroatoms. The number of rotatable bonds is 16. The van der Waals surface area contributed by atoms with Gasteiger partial charge in [-0.25, -0.2) is 19.2 Å². The molecule has 2 aromatic carbocycles. The molecule has 0 heterocycles. The molecule has 0 spiro atoms. The number of ether oxygens (including phenoxy) is 4. The van der Waals surface area contributed by atoms with Crippen LogP contribution < -0.4 is 21.3 Å². The van der Waals surface area contributed by atoms with Crippen molar-refractivity contribution >= 4 is 58.7 Å². The number of hydrogen-bond acceptors (Lipinski definition) is 10. The summed E-state index contributed by atoms with van der Waals surface area (Å²) >= 11 is 0. The summed E-state index contributed by atoms with van der Waals surface area (Å²) in [6, 6.07) is 9.84. The summed E-state index contributed by atoms with van der Waals surface area (Å²) in [7, 11) is 0. The van der Waals surface area contributed by atoms with E-state index in [1.165, 1.54) is 0 Å². The van der Waals surface area contributed by atoms with E-state index in [4.69, 9.17) is 18.9 Å². The number of carbonyl (C=O) groups excluding carboxylic acids is 6. The molecule has 0 aromatic heterocycles. The summed E-state index contributed by atoms with van der Waals surface area (Å²) < 4.78 is 19.4. The normalized spacial score (nSPS) is 10.0. The number of benzene rings is 2. The van der Waals surface area contributed by atoms with Crippen LogP contribution >= 0.6 is 0 Å². The number of nitrogens with one attached hydrogen (secondary N) is 4. The Labute approximate surface area is 260 Å². The Bertz CT molecular complexity index is 1420. The molecule has 14 nitrogen and oxygen atoms in total. The topological polar surface area (TPSA) is 187 Å². The highest BCUT2D eigenvalue weighted by Gasteiger charge is 2.12. The highest BCUT2D eigenvalue weighted by atomic mass is 16.6. The van der Waals surface area contributed by atoms with Crippen molar-refractivity contribution < 1.29 is 47.7 Å². The molecule has 0 radical (unpaired) electrons. The quantitative estimate of drug-likeness (QED) is 0.0889. The Kier molecular flexibility index (Phi) is 14.8. The van der Waals surface area contributed by atoms with Crippen LogP contribution in [0.15, 0.2) is 61.7 Å². The average molecular weight is 625 g/mol. The van der Waals surface area contributed by atoms with Crippen molar-refractivity contribution in [1.82, 2.24) is 0 Å². The molecule has 0 bridgehead atoms. The fraction of sp³-hybridized carbons (Fsp3) is 0.290. The monoisotopic (exact) mass is 624 g/mol. The summed E-state index contributed by atoms with van der Waals surface area (Å²) in [6.45, 7) is 9.53. The van der Waals surface area contributed by atoms with Crippen LogP contribution in [0, 0.1) is 13.8 Å². The molecule has 2 rings (SSSR count). The molecule has 2 aromatic rings. The summed E-state index contributed by atoms with van der Waals surface area (Å²) in [4.78, 5) is 71.1. The third-order valence-corrected chi connectivity index (χ3v) is 5.78. The highest BCUT2D eigenvalue weighted by Crippen LogP contribution is 2.22. The van der Waals surface area contributed by atoms with Gasteiger partial charge in [0.25, 0.3) is 0 Å². The van der Waals surface area contributed by atoms with Crippen LogP contribution in [0.5, 0.6) is 0 Å². The number of esters is 2. The predicted molar refractivity (Wildman–Crippen MR) is 166 cm³/mol. The van der Waals surface area contributed by atoms with Crippen molar-refractivity contribution in [3.8, 4) is 0 Å². The average Bonchev–Trinajstić information content (AvgIpc) is 3.00. The van der Waals surface area contributed by atoms with E-state index in [0.717, 1.165) is 23.3 Å². The Hall–Kier alpha value is -5.66. The van der Waals surface area contributed by atoms with Gasteiger partial charge in [-0.2, -0.15) is 0 Å². The standard InChI is InChI=1S/C31H36N4O10/c1-5-28(38)42-14-16-44-30(40)33-23-13-11-20(3)24(19-23)34-27(37)9-7-8-26(36)32-22-12-10-21(4)25(18-22)35-31(41)45-17-15-43-29(39)6-2/h5-6,10-13,18-19H,1-2,7-9,14-17H2,3-4H3,(H,32,36)(H,33,40)(H,34,37)(H,35,41). The van der Waals surface area contributed by atoms with Gasteiger partial charge in [0.1, 0.15) is 26.4 Å². The zero-order valence-electron chi connectivity index (χ0n) is 25.1. The Balaban J connectivity index is 1.77. The van der Waals surface area contributed by atoms with Crippen LogP contribution in [-0.4, -0.2) is 62.4 Å². The van der Waals surface area contributed by atoms with Crippen molar-refractivity contribution in [3.63, 3.8) is 0 Å². The van der Waals surface area contributed by atoms with E-state index in [1.54, 1.807) is 50.2 Å². The SMILES string of the molecule is C=CC(=O)OCCOC(=O)Nc1ccc(C)c(NC(=O)CCCC(=O)Nc2ccc(C)c(NC(=O)OCCOC(=O)C=C)c2)c1. The fourth-order valence-electron chi connectivity index (χ4n) is 3.49. The first-order valence-electron chi connectivity index (χ1n) is 13.8. The van der Waals surface area contributed by atoms with Crippen LogP contribution in [-0.2, 0) is 38.1 Å². The maximum atomic E-state index is 12.5. The lowest BCUT2D eigenvalue weighted by atomic mass is 10.1. The smallest absolute Gasteiger partial charge is 0.411 e. The summed E-state index contributed by atoms with van der Waals surface area (Å²) in [6.07, 6.45) is 0.850. The zero-order chi connectivity index (χ0) is 33.2. The lowest BCUT2D eigenvalue weighted by Crippen LogP contribution is -2.19. The van der Waals surface area contributed by atoms with Gasteiger partial charge in [0, 0.05) is 47.7 Å². The molecule has 0 atom stereocenters. The summed E-state index contributed by atoms with van der Waals surface area (Å²) in [5.74, 6) is -1.91. The lowest BCUT2D eigenvalue weighted by Gasteiger charge is -2.13. The molecular weight excluding hydrogens is 588 g/mol. The van der Waals surface area contributed by atoms with E-state index in [-0.39, 0.29) is 57.5 Å². The maximum Gasteiger partial charge on any atom is 0.411 e. The van der Waals surface area contributed by atoms with E-state index >= 15 is 0 Å². The molecule has 0 fully saturated rings. The van der Waals surface area contributed by atoms with Gasteiger partial charge in [-0.05, 0) is 55.7 Å². The van der Waals surface area contributed by atoms with E-state index < -0.39 is 24.1 Å². The fourth-order valence-corrected chi connectivity index (χ4v) is 3.49. The number of hydrogen-bond donors (Lipinski definition) is 4. The third kappa shape index (κ3) is 13.9. The van der Waals surface area contributed by atoms with E-state index in [2.05, 4.69) is 34.4 Å². The third-order valence-electron chi connectivity index (χ3n) is 5.78. The molecule has 0 saturated heterocycles. The zero-order valence-corrected chi connectivity index (χ0v) is 25.1. The van der Waals surface area contributed by atoms with Gasteiger partial charge < -0.3 is 29.6 Å². The minimum atomic E-state index is -0.767. The van der Waals surface area contributed by atoms with Crippen molar-refractivity contribution in [1.29, 1.82) is 0 Å². The molecule has 4 amide bonds. The number of carbonyl (C=O) groups is 6. The Morgan fingerprint density at radius 3 is 1.53 bits per heavy atom. The van der Waals surface area contributed by atoms with Crippen molar-refractivity contribution in [2.24, 2.45) is 0 Å². The van der Waals surface area contributed by atoms with Gasteiger partial charge in [0.15, 0.2) is 0 Å². The van der Waals surface area contributed by atoms with Gasteiger partial charge >= 0.3 is 24.1 Å². The van der Waals surface area contributed by atoms with Crippen molar-refractivity contribution in [2.75, 3.05) is 47.7 Å². The molecule has 0 unspecified atom stereocenters. The lowest BCUT2D eigenvalue weighted by molar-refractivity contribution is -0.139. The first-order chi connectivity index (χ1) is 21.5. The molecular formula is C31H36N4O10. The van der Waals surface area contributed by atoms with Crippen molar-refractivity contribution in [2.45, 2.75) is 33.1 Å². The van der Waals surface area contributed by atoms with Crippen LogP contribution in [0.1, 0.15) is 30.4 Å². The second-order valence-corrected chi connectivity index (χ2v) is 9.27. The van der Waals surface area contributed by atoms with Crippen LogP contribution in [0.3, 0.4) is 0 Å². The molecule has 0 aliphatic carbocycles. The second kappa shape index (κ2) is 18.8. The molecule has 240 valence electrons. The predicted octanol–water partition coefficient (Wildman–Crippen LogP) is 4.61. The van der Waals surface area contributed by atoms with E-state index in [1.807, 2.05) is 0 Å². The van der Waals surface area contributed by atoms with E-state index in [9.17, 15) is 28.8 Å². The Morgan fingerprint density at radius 1 is 0.600 bits per heavy atom. The minimum Gasteiger partial charge on any atom is -0.459 e. The summed E-state index contributed by atoms with van der Waals surface area (Å²) in [5, 5.41) is 10.6. The van der Waals surface area contributed by atoms with Gasteiger partial charge in [0.2, 0.25) is 11.8 Å². The molecule has 0 saturated carbocycles. The number of anilines is 4. The Morgan fingerprint density at radius 2 is 1.02 bits per heavy atom. The van der Waals surface area contributed by atoms with Crippen LogP contribution in [0.25, 0.3) is 0 Å². The van der Waals surface area contributed by atoms with Crippen molar-refractivity contribution in [3.05, 3.63) is 72.8 Å². The first-order valence-corrected chi connectivity index (χ1v) is 13.8. The van der Waals surface area contributed by atoms with Gasteiger partial charge in [-0.15, -0.1) is 0 Å². The number of aryl methyl sites for hydroxylation is 2. The number of amides is 4. The second-order valence-electron chi connectivity index (χ2n) is 9.27.